The molecule has 1 N–H and O–H groups in total. The molecule has 0 unspecified atom stereocenters. The Bertz CT molecular complexity index is 699. The van der Waals surface area contributed by atoms with Gasteiger partial charge in [0.25, 0.3) is 0 Å². The van der Waals surface area contributed by atoms with Crippen LogP contribution in [0.2, 0.25) is 5.02 Å². The summed E-state index contributed by atoms with van der Waals surface area (Å²) in [6, 6.07) is 7.82. The topological polar surface area (TPSA) is 59.8 Å². The summed E-state index contributed by atoms with van der Waals surface area (Å²) >= 11 is 7.62. The predicted molar refractivity (Wildman–Crippen MR) is 91.5 cm³/mol. The first-order valence-corrected chi connectivity index (χ1v) is 9.03. The van der Waals surface area contributed by atoms with E-state index in [1.165, 1.54) is 0 Å². The van der Waals surface area contributed by atoms with Gasteiger partial charge in [0.2, 0.25) is 5.91 Å². The number of aromatic nitrogens is 3. The average Bonchev–Trinajstić information content (AvgIpc) is 3.32. The van der Waals surface area contributed by atoms with Crippen molar-refractivity contribution in [2.75, 3.05) is 6.54 Å². The van der Waals surface area contributed by atoms with Crippen LogP contribution in [0.3, 0.4) is 0 Å². The SMILES string of the molecule is Cn1c(CCNC(=O)C2CC2)nnc1SCc1cccc(Cl)c1. The second-order valence-corrected chi connectivity index (χ2v) is 7.07. The summed E-state index contributed by atoms with van der Waals surface area (Å²) in [6.07, 6.45) is 2.75. The number of carbonyl (C=O) groups is 1. The third-order valence-electron chi connectivity index (χ3n) is 3.78. The molecule has 0 atom stereocenters. The summed E-state index contributed by atoms with van der Waals surface area (Å²) in [5.74, 6) is 2.10. The number of halogens is 1. The Hall–Kier alpha value is -1.53. The number of thioether (sulfide) groups is 1. The number of amides is 1. The summed E-state index contributed by atoms with van der Waals surface area (Å²) in [4.78, 5) is 11.6. The standard InChI is InChI=1S/C16H19ClN4OS/c1-21-14(7-8-18-15(22)12-5-6-12)19-20-16(21)23-10-11-3-2-4-13(17)9-11/h2-4,9,12H,5-8,10H2,1H3,(H,18,22). The van der Waals surface area contributed by atoms with Crippen LogP contribution in [-0.4, -0.2) is 27.2 Å². The number of carbonyl (C=O) groups excluding carboxylic acids is 1. The molecule has 3 rings (SSSR count). The van der Waals surface area contributed by atoms with E-state index in [1.807, 2.05) is 35.9 Å². The Morgan fingerprint density at radius 2 is 2.26 bits per heavy atom. The first-order chi connectivity index (χ1) is 11.1. The van der Waals surface area contributed by atoms with E-state index in [4.69, 9.17) is 11.6 Å². The smallest absolute Gasteiger partial charge is 0.223 e. The van der Waals surface area contributed by atoms with Crippen LogP contribution in [0.25, 0.3) is 0 Å². The first kappa shape index (κ1) is 16.3. The van der Waals surface area contributed by atoms with Crippen molar-refractivity contribution < 1.29 is 4.79 Å². The highest BCUT2D eigenvalue weighted by Crippen LogP contribution is 2.28. The highest BCUT2D eigenvalue weighted by atomic mass is 35.5. The second kappa shape index (κ2) is 7.36. The van der Waals surface area contributed by atoms with E-state index >= 15 is 0 Å². The van der Waals surface area contributed by atoms with E-state index in [1.54, 1.807) is 11.8 Å². The van der Waals surface area contributed by atoms with Crippen molar-refractivity contribution in [1.29, 1.82) is 0 Å². The van der Waals surface area contributed by atoms with Crippen LogP contribution in [0.5, 0.6) is 0 Å². The number of nitrogens with one attached hydrogen (secondary N) is 1. The number of hydrogen-bond donors (Lipinski definition) is 1. The second-order valence-electron chi connectivity index (χ2n) is 5.69. The predicted octanol–water partition coefficient (Wildman–Crippen LogP) is 2.83. The van der Waals surface area contributed by atoms with E-state index in [9.17, 15) is 4.79 Å². The van der Waals surface area contributed by atoms with E-state index in [0.29, 0.717) is 13.0 Å². The molecule has 0 radical (unpaired) electrons. The Kier molecular flexibility index (Phi) is 5.23. The lowest BCUT2D eigenvalue weighted by Gasteiger charge is -2.05. The maximum absolute atomic E-state index is 11.6. The molecule has 1 aromatic carbocycles. The Balaban J connectivity index is 1.50. The Labute approximate surface area is 144 Å². The molecule has 1 heterocycles. The molecule has 7 heteroatoms. The van der Waals surface area contributed by atoms with Crippen molar-refractivity contribution in [3.05, 3.63) is 40.7 Å². The lowest BCUT2D eigenvalue weighted by Crippen LogP contribution is -2.27. The van der Waals surface area contributed by atoms with Crippen molar-refractivity contribution in [1.82, 2.24) is 20.1 Å². The Morgan fingerprint density at radius 3 is 3.00 bits per heavy atom. The van der Waals surface area contributed by atoms with Gasteiger partial charge in [0.1, 0.15) is 5.82 Å². The minimum atomic E-state index is 0.169. The molecular formula is C16H19ClN4OS. The van der Waals surface area contributed by atoms with Gasteiger partial charge in [-0.25, -0.2) is 0 Å². The zero-order chi connectivity index (χ0) is 16.2. The Morgan fingerprint density at radius 1 is 1.43 bits per heavy atom. The lowest BCUT2D eigenvalue weighted by molar-refractivity contribution is -0.122. The molecule has 0 saturated heterocycles. The minimum absolute atomic E-state index is 0.169. The van der Waals surface area contributed by atoms with Gasteiger partial charge in [0.05, 0.1) is 0 Å². The molecule has 0 spiro atoms. The van der Waals surface area contributed by atoms with Crippen molar-refractivity contribution in [3.8, 4) is 0 Å². The third-order valence-corrected chi connectivity index (χ3v) is 5.10. The maximum atomic E-state index is 11.6. The van der Waals surface area contributed by atoms with E-state index in [-0.39, 0.29) is 11.8 Å². The summed E-state index contributed by atoms with van der Waals surface area (Å²) in [6.45, 7) is 0.611. The lowest BCUT2D eigenvalue weighted by atomic mass is 10.2. The quantitative estimate of drug-likeness (QED) is 0.780. The van der Waals surface area contributed by atoms with Crippen LogP contribution in [0.1, 0.15) is 24.2 Å². The van der Waals surface area contributed by atoms with Crippen LogP contribution in [0.15, 0.2) is 29.4 Å². The molecule has 1 fully saturated rings. The molecule has 1 aromatic heterocycles. The van der Waals surface area contributed by atoms with Crippen LogP contribution in [0, 0.1) is 5.92 Å². The molecular weight excluding hydrogens is 332 g/mol. The molecule has 122 valence electrons. The maximum Gasteiger partial charge on any atom is 0.223 e. The van der Waals surface area contributed by atoms with Gasteiger partial charge in [0, 0.05) is 36.7 Å². The largest absolute Gasteiger partial charge is 0.355 e. The fourth-order valence-corrected chi connectivity index (χ4v) is 3.34. The van der Waals surface area contributed by atoms with Gasteiger partial charge >= 0.3 is 0 Å². The fraction of sp³-hybridized carbons (Fsp3) is 0.438. The van der Waals surface area contributed by atoms with Gasteiger partial charge in [-0.1, -0.05) is 35.5 Å². The number of rotatable bonds is 7. The van der Waals surface area contributed by atoms with E-state index in [0.717, 1.165) is 40.2 Å². The van der Waals surface area contributed by atoms with Gasteiger partial charge in [0.15, 0.2) is 5.16 Å². The monoisotopic (exact) mass is 350 g/mol. The molecule has 23 heavy (non-hydrogen) atoms. The van der Waals surface area contributed by atoms with Crippen molar-refractivity contribution in [2.24, 2.45) is 13.0 Å². The third kappa shape index (κ3) is 4.48. The van der Waals surface area contributed by atoms with Crippen LogP contribution >= 0.6 is 23.4 Å². The van der Waals surface area contributed by atoms with Crippen LogP contribution in [-0.2, 0) is 24.0 Å². The molecule has 1 aliphatic rings. The molecule has 0 aliphatic heterocycles. The van der Waals surface area contributed by atoms with Crippen LogP contribution < -0.4 is 5.32 Å². The van der Waals surface area contributed by atoms with Gasteiger partial charge in [-0.05, 0) is 30.5 Å². The highest BCUT2D eigenvalue weighted by Gasteiger charge is 2.29. The molecule has 2 aromatic rings. The molecule has 1 saturated carbocycles. The van der Waals surface area contributed by atoms with Gasteiger partial charge in [-0.15, -0.1) is 10.2 Å². The van der Waals surface area contributed by atoms with Crippen molar-refractivity contribution in [2.45, 2.75) is 30.2 Å². The van der Waals surface area contributed by atoms with Crippen molar-refractivity contribution >= 4 is 29.3 Å². The first-order valence-electron chi connectivity index (χ1n) is 7.66. The zero-order valence-electron chi connectivity index (χ0n) is 13.0. The summed E-state index contributed by atoms with van der Waals surface area (Å²) in [7, 11) is 1.96. The summed E-state index contributed by atoms with van der Waals surface area (Å²) in [5, 5.41) is 13.0. The van der Waals surface area contributed by atoms with E-state index in [2.05, 4.69) is 15.5 Å². The number of nitrogens with zero attached hydrogens (tertiary/aromatic N) is 3. The summed E-state index contributed by atoms with van der Waals surface area (Å²) < 4.78 is 1.98. The van der Waals surface area contributed by atoms with E-state index < -0.39 is 0 Å². The summed E-state index contributed by atoms with van der Waals surface area (Å²) in [5.41, 5.74) is 1.16. The average molecular weight is 351 g/mol. The molecule has 0 bridgehead atoms. The molecule has 1 amide bonds. The molecule has 1 aliphatic carbocycles. The zero-order valence-corrected chi connectivity index (χ0v) is 14.5. The van der Waals surface area contributed by atoms with Crippen molar-refractivity contribution in [3.63, 3.8) is 0 Å². The normalized spacial score (nSPS) is 14.0. The molecule has 5 nitrogen and oxygen atoms in total. The van der Waals surface area contributed by atoms with Gasteiger partial charge < -0.3 is 9.88 Å². The highest BCUT2D eigenvalue weighted by molar-refractivity contribution is 7.98. The minimum Gasteiger partial charge on any atom is -0.355 e. The fourth-order valence-electron chi connectivity index (χ4n) is 2.25. The van der Waals surface area contributed by atoms with Gasteiger partial charge in [-0.3, -0.25) is 4.79 Å². The number of benzene rings is 1. The van der Waals surface area contributed by atoms with Gasteiger partial charge in [-0.2, -0.15) is 0 Å². The number of hydrogen-bond acceptors (Lipinski definition) is 4. The van der Waals surface area contributed by atoms with Crippen LogP contribution in [0.4, 0.5) is 0 Å².